The average molecular weight is 266 g/mol. The molecule has 0 bridgehead atoms. The molecule has 0 heterocycles. The van der Waals surface area contributed by atoms with Gasteiger partial charge in [0.25, 0.3) is 0 Å². The van der Waals surface area contributed by atoms with E-state index in [2.05, 4.69) is 10.6 Å². The minimum Gasteiger partial charge on any atom is -0.399 e. The van der Waals surface area contributed by atoms with E-state index in [1.54, 1.807) is 39.8 Å². The molecule has 3 N–H and O–H groups in total. The molecular weight excluding hydrogens is 248 g/mol. The van der Waals surface area contributed by atoms with E-state index in [1.807, 2.05) is 0 Å². The van der Waals surface area contributed by atoms with Crippen molar-refractivity contribution in [2.45, 2.75) is 38.1 Å². The lowest BCUT2D eigenvalue weighted by Crippen LogP contribution is -2.42. The lowest BCUT2D eigenvalue weighted by molar-refractivity contribution is 0.538. The van der Waals surface area contributed by atoms with Crippen LogP contribution in [0.1, 0.15) is 25.0 Å². The van der Waals surface area contributed by atoms with Crippen molar-refractivity contribution in [3.05, 3.63) is 23.3 Å². The van der Waals surface area contributed by atoms with Gasteiger partial charge in [-0.05, 0) is 51.0 Å². The zero-order chi connectivity index (χ0) is 14.1. The quantitative estimate of drug-likeness (QED) is 0.644. The normalized spacial score (nSPS) is 12.2. The van der Waals surface area contributed by atoms with Crippen molar-refractivity contribution >= 4 is 15.7 Å². The molecule has 1 rings (SSSR count). The van der Waals surface area contributed by atoms with Crippen LogP contribution in [-0.2, 0) is 10.0 Å². The molecule has 1 aromatic rings. The Morgan fingerprint density at radius 1 is 1.28 bits per heavy atom. The number of sulfonamides is 1. The number of benzene rings is 1. The first-order valence-electron chi connectivity index (χ1n) is 5.47. The molecule has 0 saturated heterocycles. The summed E-state index contributed by atoms with van der Waals surface area (Å²) in [6, 6.07) is 3.26. The molecule has 0 amide bonds. The van der Waals surface area contributed by atoms with E-state index in [9.17, 15) is 8.42 Å². The Kier molecular flexibility index (Phi) is 3.75. The molecule has 0 fully saturated rings. The highest BCUT2D eigenvalue weighted by Crippen LogP contribution is 2.24. The second-order valence-corrected chi connectivity index (χ2v) is 6.48. The summed E-state index contributed by atoms with van der Waals surface area (Å²) >= 11 is 0. The van der Waals surface area contributed by atoms with Crippen molar-refractivity contribution in [1.29, 1.82) is 0 Å². The average Bonchev–Trinajstić information content (AvgIpc) is 2.13. The Morgan fingerprint density at radius 2 is 1.72 bits per heavy atom. The van der Waals surface area contributed by atoms with Gasteiger partial charge in [-0.1, -0.05) is 5.92 Å². The number of anilines is 1. The Hall–Kier alpha value is -1.51. The molecule has 0 radical (unpaired) electrons. The van der Waals surface area contributed by atoms with Crippen LogP contribution in [0.15, 0.2) is 17.0 Å². The van der Waals surface area contributed by atoms with Crippen LogP contribution in [0.5, 0.6) is 0 Å². The zero-order valence-corrected chi connectivity index (χ0v) is 11.9. The standard InChI is InChI=1S/C13H18N2O2S/c1-6-13(4,5)15-18(16,17)12-9(2)7-11(14)8-10(12)3/h1,7-8,15H,14H2,2-5H3. The first kappa shape index (κ1) is 14.6. The summed E-state index contributed by atoms with van der Waals surface area (Å²) in [7, 11) is -3.66. The summed E-state index contributed by atoms with van der Waals surface area (Å²) in [5.74, 6) is 2.40. The molecule has 0 atom stereocenters. The minimum absolute atomic E-state index is 0.236. The number of aryl methyl sites for hydroxylation is 2. The van der Waals surface area contributed by atoms with Gasteiger partial charge in [0.05, 0.1) is 10.4 Å². The van der Waals surface area contributed by atoms with Crippen LogP contribution in [0, 0.1) is 26.2 Å². The van der Waals surface area contributed by atoms with Crippen LogP contribution in [0.2, 0.25) is 0 Å². The second kappa shape index (κ2) is 4.63. The smallest absolute Gasteiger partial charge is 0.242 e. The number of nitrogen functional groups attached to an aromatic ring is 1. The molecule has 0 aliphatic rings. The number of nitrogens with one attached hydrogen (secondary N) is 1. The summed E-state index contributed by atoms with van der Waals surface area (Å²) in [6.07, 6.45) is 5.29. The van der Waals surface area contributed by atoms with Crippen molar-refractivity contribution in [2.24, 2.45) is 0 Å². The first-order valence-corrected chi connectivity index (χ1v) is 6.96. The van der Waals surface area contributed by atoms with E-state index in [0.29, 0.717) is 16.8 Å². The van der Waals surface area contributed by atoms with Crippen LogP contribution >= 0.6 is 0 Å². The Balaban J connectivity index is 3.36. The lowest BCUT2D eigenvalue weighted by atomic mass is 10.1. The first-order chi connectivity index (χ1) is 8.09. The van der Waals surface area contributed by atoms with Gasteiger partial charge in [0.1, 0.15) is 0 Å². The molecule has 4 nitrogen and oxygen atoms in total. The number of hydrogen-bond donors (Lipinski definition) is 2. The van der Waals surface area contributed by atoms with Gasteiger partial charge in [0, 0.05) is 5.69 Å². The number of hydrogen-bond acceptors (Lipinski definition) is 3. The molecule has 0 aliphatic heterocycles. The molecule has 0 spiro atoms. The second-order valence-electron chi connectivity index (χ2n) is 4.86. The molecule has 0 aromatic heterocycles. The molecular formula is C13H18N2O2S. The summed E-state index contributed by atoms with van der Waals surface area (Å²) in [6.45, 7) is 6.68. The van der Waals surface area contributed by atoms with Gasteiger partial charge in [-0.15, -0.1) is 6.42 Å². The number of rotatable bonds is 3. The molecule has 0 unspecified atom stereocenters. The molecule has 5 heteroatoms. The third-order valence-corrected chi connectivity index (χ3v) is 4.46. The zero-order valence-electron chi connectivity index (χ0n) is 11.0. The van der Waals surface area contributed by atoms with E-state index in [4.69, 9.17) is 12.2 Å². The van der Waals surface area contributed by atoms with Gasteiger partial charge < -0.3 is 5.73 Å². The molecule has 0 saturated carbocycles. The van der Waals surface area contributed by atoms with Crippen LogP contribution < -0.4 is 10.5 Å². The lowest BCUT2D eigenvalue weighted by Gasteiger charge is -2.21. The van der Waals surface area contributed by atoms with Gasteiger partial charge in [0.2, 0.25) is 10.0 Å². The molecule has 1 aromatic carbocycles. The minimum atomic E-state index is -3.66. The SMILES string of the molecule is C#CC(C)(C)NS(=O)(=O)c1c(C)cc(N)cc1C. The highest BCUT2D eigenvalue weighted by Gasteiger charge is 2.26. The molecule has 18 heavy (non-hydrogen) atoms. The Morgan fingerprint density at radius 3 is 2.11 bits per heavy atom. The van der Waals surface area contributed by atoms with Crippen molar-refractivity contribution in [3.63, 3.8) is 0 Å². The maximum Gasteiger partial charge on any atom is 0.242 e. The van der Waals surface area contributed by atoms with Crippen molar-refractivity contribution in [2.75, 3.05) is 5.73 Å². The highest BCUT2D eigenvalue weighted by atomic mass is 32.2. The predicted molar refractivity (Wildman–Crippen MR) is 73.6 cm³/mol. The summed E-state index contributed by atoms with van der Waals surface area (Å²) < 4.78 is 27.1. The van der Waals surface area contributed by atoms with E-state index in [0.717, 1.165) is 0 Å². The third-order valence-electron chi connectivity index (χ3n) is 2.50. The van der Waals surface area contributed by atoms with Crippen molar-refractivity contribution in [3.8, 4) is 12.3 Å². The van der Waals surface area contributed by atoms with Crippen LogP contribution in [0.25, 0.3) is 0 Å². The summed E-state index contributed by atoms with van der Waals surface area (Å²) in [4.78, 5) is 0.236. The number of terminal acetylenes is 1. The van der Waals surface area contributed by atoms with Crippen LogP contribution in [0.4, 0.5) is 5.69 Å². The van der Waals surface area contributed by atoms with Crippen LogP contribution in [-0.4, -0.2) is 14.0 Å². The molecule has 0 aliphatic carbocycles. The van der Waals surface area contributed by atoms with E-state index < -0.39 is 15.6 Å². The van der Waals surface area contributed by atoms with Crippen LogP contribution in [0.3, 0.4) is 0 Å². The van der Waals surface area contributed by atoms with Crippen molar-refractivity contribution in [1.82, 2.24) is 4.72 Å². The fraction of sp³-hybridized carbons (Fsp3) is 0.385. The van der Waals surface area contributed by atoms with E-state index in [1.165, 1.54) is 0 Å². The monoisotopic (exact) mass is 266 g/mol. The van der Waals surface area contributed by atoms with Gasteiger partial charge in [0.15, 0.2) is 0 Å². The largest absolute Gasteiger partial charge is 0.399 e. The Bertz CT molecular complexity index is 587. The van der Waals surface area contributed by atoms with Gasteiger partial charge >= 0.3 is 0 Å². The van der Waals surface area contributed by atoms with Gasteiger partial charge in [-0.3, -0.25) is 0 Å². The predicted octanol–water partition coefficient (Wildman–Crippen LogP) is 1.58. The topological polar surface area (TPSA) is 72.2 Å². The molecule has 98 valence electrons. The van der Waals surface area contributed by atoms with E-state index in [-0.39, 0.29) is 4.90 Å². The highest BCUT2D eigenvalue weighted by molar-refractivity contribution is 7.89. The van der Waals surface area contributed by atoms with Gasteiger partial charge in [-0.25, -0.2) is 8.42 Å². The fourth-order valence-corrected chi connectivity index (χ4v) is 3.62. The maximum atomic E-state index is 12.3. The Labute approximate surface area is 109 Å². The number of nitrogens with two attached hydrogens (primary N) is 1. The fourth-order valence-electron chi connectivity index (χ4n) is 1.82. The third kappa shape index (κ3) is 3.03. The summed E-state index contributed by atoms with van der Waals surface area (Å²) in [5, 5.41) is 0. The summed E-state index contributed by atoms with van der Waals surface area (Å²) in [5.41, 5.74) is 6.50. The maximum absolute atomic E-state index is 12.3. The van der Waals surface area contributed by atoms with Crippen molar-refractivity contribution < 1.29 is 8.42 Å². The van der Waals surface area contributed by atoms with Gasteiger partial charge in [-0.2, -0.15) is 4.72 Å². The van der Waals surface area contributed by atoms with E-state index >= 15 is 0 Å².